The minimum Gasteiger partial charge on any atom is -0.486 e. The lowest BCUT2D eigenvalue weighted by Gasteiger charge is -2.30. The maximum Gasteiger partial charge on any atom is 0.255 e. The Morgan fingerprint density at radius 2 is 2.00 bits per heavy atom. The van der Waals surface area contributed by atoms with Crippen LogP contribution in [0.2, 0.25) is 0 Å². The second-order valence-electron chi connectivity index (χ2n) is 4.73. The number of hydrogen-bond acceptors (Lipinski definition) is 5. The van der Waals surface area contributed by atoms with Crippen LogP contribution in [0.25, 0.3) is 0 Å². The van der Waals surface area contributed by atoms with Crippen molar-refractivity contribution in [2.75, 3.05) is 26.4 Å². The van der Waals surface area contributed by atoms with Crippen molar-refractivity contribution in [3.63, 3.8) is 0 Å². The van der Waals surface area contributed by atoms with Crippen molar-refractivity contribution in [3.8, 4) is 11.5 Å². The topological polar surface area (TPSA) is 88.0 Å². The van der Waals surface area contributed by atoms with E-state index < -0.39 is 11.4 Å². The van der Waals surface area contributed by atoms with Crippen LogP contribution in [0.1, 0.15) is 23.7 Å². The number of ether oxygens (including phenoxy) is 2. The third-order valence-corrected chi connectivity index (χ3v) is 3.47. The maximum atomic E-state index is 12.3. The van der Waals surface area contributed by atoms with Crippen molar-refractivity contribution in [3.05, 3.63) is 23.8 Å². The molecule has 6 nitrogen and oxygen atoms in total. The molecular weight excluding hydrogens is 262 g/mol. The summed E-state index contributed by atoms with van der Waals surface area (Å²) in [5.74, 6) is 0.522. The van der Waals surface area contributed by atoms with Crippen LogP contribution in [0.15, 0.2) is 18.2 Å². The molecule has 0 atom stereocenters. The van der Waals surface area contributed by atoms with Crippen molar-refractivity contribution in [2.45, 2.75) is 18.9 Å². The Kier molecular flexibility index (Phi) is 4.46. The summed E-state index contributed by atoms with van der Waals surface area (Å²) in [6, 6.07) is 5.06. The molecule has 2 rings (SSSR count). The van der Waals surface area contributed by atoms with Gasteiger partial charge in [0, 0.05) is 0 Å². The van der Waals surface area contributed by atoms with Crippen molar-refractivity contribution in [1.29, 1.82) is 0 Å². The average Bonchev–Trinajstić information content (AvgIpc) is 2.52. The zero-order valence-electron chi connectivity index (χ0n) is 11.4. The van der Waals surface area contributed by atoms with Crippen LogP contribution in [0.5, 0.6) is 11.5 Å². The first-order chi connectivity index (χ1) is 9.65. The molecule has 1 aliphatic rings. The molecule has 0 saturated heterocycles. The first-order valence-electron chi connectivity index (χ1n) is 6.58. The predicted octanol–water partition coefficient (Wildman–Crippen LogP) is 0.321. The number of para-hydroxylation sites is 1. The summed E-state index contributed by atoms with van der Waals surface area (Å²) < 4.78 is 10.9. The van der Waals surface area contributed by atoms with Gasteiger partial charge in [0.2, 0.25) is 0 Å². The number of hydrogen-bond donors (Lipinski definition) is 3. The minimum atomic E-state index is -1.03. The Balaban J connectivity index is 2.25. The highest BCUT2D eigenvalue weighted by atomic mass is 16.6. The highest BCUT2D eigenvalue weighted by molar-refractivity contribution is 5.98. The summed E-state index contributed by atoms with van der Waals surface area (Å²) in [7, 11) is 0. The number of nitrogens with one attached hydrogen (secondary N) is 1. The molecule has 0 radical (unpaired) electrons. The summed E-state index contributed by atoms with van der Waals surface area (Å²) >= 11 is 0. The summed E-state index contributed by atoms with van der Waals surface area (Å²) in [6.45, 7) is 1.95. The average molecular weight is 281 g/mol. The van der Waals surface area contributed by atoms with Crippen molar-refractivity contribution in [2.24, 2.45) is 0 Å². The molecule has 1 aliphatic heterocycles. The fraction of sp³-hybridized carbons (Fsp3) is 0.500. The van der Waals surface area contributed by atoms with Gasteiger partial charge in [-0.3, -0.25) is 4.79 Å². The number of carbonyl (C=O) groups is 1. The van der Waals surface area contributed by atoms with E-state index in [-0.39, 0.29) is 13.2 Å². The van der Waals surface area contributed by atoms with E-state index in [1.165, 1.54) is 0 Å². The van der Waals surface area contributed by atoms with Gasteiger partial charge in [-0.1, -0.05) is 13.0 Å². The molecule has 6 heteroatoms. The summed E-state index contributed by atoms with van der Waals surface area (Å²) in [5.41, 5.74) is -0.697. The Labute approximate surface area is 117 Å². The van der Waals surface area contributed by atoms with Gasteiger partial charge in [-0.05, 0) is 18.6 Å². The molecule has 110 valence electrons. The third kappa shape index (κ3) is 2.71. The van der Waals surface area contributed by atoms with E-state index in [4.69, 9.17) is 9.47 Å². The van der Waals surface area contributed by atoms with Crippen LogP contribution in [-0.4, -0.2) is 48.1 Å². The third-order valence-electron chi connectivity index (χ3n) is 3.47. The fourth-order valence-corrected chi connectivity index (χ4v) is 2.00. The van der Waals surface area contributed by atoms with E-state index in [9.17, 15) is 15.0 Å². The number of aliphatic hydroxyl groups excluding tert-OH is 2. The molecule has 0 saturated carbocycles. The maximum absolute atomic E-state index is 12.3. The van der Waals surface area contributed by atoms with Crippen LogP contribution in [-0.2, 0) is 0 Å². The first kappa shape index (κ1) is 14.6. The van der Waals surface area contributed by atoms with Gasteiger partial charge < -0.3 is 25.0 Å². The number of benzene rings is 1. The van der Waals surface area contributed by atoms with Gasteiger partial charge in [0.05, 0.1) is 24.3 Å². The van der Waals surface area contributed by atoms with E-state index in [1.54, 1.807) is 25.1 Å². The lowest BCUT2D eigenvalue weighted by Crippen LogP contribution is -2.53. The predicted molar refractivity (Wildman–Crippen MR) is 72.1 cm³/mol. The fourth-order valence-electron chi connectivity index (χ4n) is 2.00. The number of aliphatic hydroxyl groups is 2. The molecule has 0 spiro atoms. The zero-order valence-corrected chi connectivity index (χ0v) is 11.4. The monoisotopic (exact) mass is 281 g/mol. The molecule has 0 aromatic heterocycles. The Morgan fingerprint density at radius 3 is 2.65 bits per heavy atom. The van der Waals surface area contributed by atoms with Crippen LogP contribution in [0.3, 0.4) is 0 Å². The van der Waals surface area contributed by atoms with E-state index in [0.29, 0.717) is 36.7 Å². The summed E-state index contributed by atoms with van der Waals surface area (Å²) in [4.78, 5) is 12.3. The normalized spacial score (nSPS) is 13.9. The molecule has 0 unspecified atom stereocenters. The summed E-state index contributed by atoms with van der Waals surface area (Å²) in [5, 5.41) is 21.4. The van der Waals surface area contributed by atoms with Gasteiger partial charge in [-0.15, -0.1) is 0 Å². The second kappa shape index (κ2) is 6.11. The lowest BCUT2D eigenvalue weighted by atomic mass is 9.97. The number of amides is 1. The molecule has 1 aromatic carbocycles. The Bertz CT molecular complexity index is 476. The molecule has 3 N–H and O–H groups in total. The van der Waals surface area contributed by atoms with Gasteiger partial charge in [-0.25, -0.2) is 0 Å². The molecule has 0 aliphatic carbocycles. The quantitative estimate of drug-likeness (QED) is 0.723. The smallest absolute Gasteiger partial charge is 0.255 e. The van der Waals surface area contributed by atoms with Gasteiger partial charge in [0.15, 0.2) is 11.5 Å². The SMILES string of the molecule is CCC(CO)(CO)NC(=O)c1cccc2c1OCCO2. The molecule has 0 bridgehead atoms. The highest BCUT2D eigenvalue weighted by Gasteiger charge is 2.31. The van der Waals surface area contributed by atoms with E-state index >= 15 is 0 Å². The molecule has 1 amide bonds. The van der Waals surface area contributed by atoms with Crippen molar-refractivity contribution in [1.82, 2.24) is 5.32 Å². The second-order valence-corrected chi connectivity index (χ2v) is 4.73. The van der Waals surface area contributed by atoms with Gasteiger partial charge >= 0.3 is 0 Å². The van der Waals surface area contributed by atoms with E-state index in [2.05, 4.69) is 5.32 Å². The molecule has 20 heavy (non-hydrogen) atoms. The van der Waals surface area contributed by atoms with Crippen LogP contribution < -0.4 is 14.8 Å². The zero-order chi connectivity index (χ0) is 14.6. The van der Waals surface area contributed by atoms with Crippen LogP contribution in [0, 0.1) is 0 Å². The molecule has 1 aromatic rings. The molecule has 1 heterocycles. The number of carbonyl (C=O) groups excluding carboxylic acids is 1. The Hall–Kier alpha value is -1.79. The van der Waals surface area contributed by atoms with Gasteiger partial charge in [-0.2, -0.15) is 0 Å². The van der Waals surface area contributed by atoms with Gasteiger partial charge in [0.25, 0.3) is 5.91 Å². The highest BCUT2D eigenvalue weighted by Crippen LogP contribution is 2.33. The Morgan fingerprint density at radius 1 is 1.30 bits per heavy atom. The van der Waals surface area contributed by atoms with Gasteiger partial charge in [0.1, 0.15) is 13.2 Å². The number of rotatable bonds is 5. The first-order valence-corrected chi connectivity index (χ1v) is 6.58. The van der Waals surface area contributed by atoms with Crippen LogP contribution in [0.4, 0.5) is 0 Å². The lowest BCUT2D eigenvalue weighted by molar-refractivity contribution is 0.0646. The van der Waals surface area contributed by atoms with Crippen LogP contribution >= 0.6 is 0 Å². The standard InChI is InChI=1S/C14H19NO5/c1-2-14(8-16,9-17)15-13(18)10-4-3-5-11-12(10)20-7-6-19-11/h3-5,16-17H,2,6-9H2,1H3,(H,15,18). The van der Waals surface area contributed by atoms with Crippen molar-refractivity contribution >= 4 is 5.91 Å². The van der Waals surface area contributed by atoms with Crippen molar-refractivity contribution < 1.29 is 24.5 Å². The molecule has 0 fully saturated rings. The minimum absolute atomic E-state index is 0.335. The summed E-state index contributed by atoms with van der Waals surface area (Å²) in [6.07, 6.45) is 0.415. The number of fused-ring (bicyclic) bond motifs is 1. The largest absolute Gasteiger partial charge is 0.486 e. The molecular formula is C14H19NO5. The van der Waals surface area contributed by atoms with E-state index in [0.717, 1.165) is 0 Å². The van der Waals surface area contributed by atoms with E-state index in [1.807, 2.05) is 0 Å².